The van der Waals surface area contributed by atoms with Gasteiger partial charge in [0.2, 0.25) is 11.8 Å². The minimum absolute atomic E-state index is 0.0620. The molecular formula is C41H47N9O8. The second kappa shape index (κ2) is 19.5. The quantitative estimate of drug-likeness (QED) is 0.0385. The summed E-state index contributed by atoms with van der Waals surface area (Å²) >= 11 is 0. The summed E-state index contributed by atoms with van der Waals surface area (Å²) in [5.41, 5.74) is 5.23. The zero-order chi connectivity index (χ0) is 41.0. The van der Waals surface area contributed by atoms with E-state index in [4.69, 9.17) is 9.94 Å². The van der Waals surface area contributed by atoms with Gasteiger partial charge in [-0.25, -0.2) is 10.3 Å². The number of ether oxygens (including phenoxy) is 1. The molecule has 0 aliphatic carbocycles. The molecule has 17 nitrogen and oxygen atoms in total. The van der Waals surface area contributed by atoms with E-state index in [1.807, 2.05) is 18.3 Å². The largest absolute Gasteiger partial charge is 0.494 e. The molecule has 17 heteroatoms. The van der Waals surface area contributed by atoms with Crippen molar-refractivity contribution >= 4 is 46.9 Å². The third-order valence-corrected chi connectivity index (χ3v) is 9.90. The Bertz CT molecular complexity index is 2120. The van der Waals surface area contributed by atoms with Crippen LogP contribution >= 0.6 is 0 Å². The fourth-order valence-electron chi connectivity index (χ4n) is 6.77. The summed E-state index contributed by atoms with van der Waals surface area (Å²) < 4.78 is 7.72. The highest BCUT2D eigenvalue weighted by molar-refractivity contribution is 6.25. The highest BCUT2D eigenvalue weighted by atomic mass is 16.5. The number of urea groups is 1. The SMILES string of the molecule is CCCCN(Cc1ccc(C(=O)NO)cc1)C(=O)Nc1ccc(OCCCCn2cc(CCCNc3cccc4c3C(=O)N(C3CCC(=O)NC3=O)C4=O)nn2)cc1. The van der Waals surface area contributed by atoms with Gasteiger partial charge in [-0.15, -0.1) is 5.10 Å². The van der Waals surface area contributed by atoms with Gasteiger partial charge in [-0.3, -0.25) is 44.1 Å². The lowest BCUT2D eigenvalue weighted by Crippen LogP contribution is -2.54. The van der Waals surface area contributed by atoms with E-state index in [1.54, 1.807) is 69.7 Å². The van der Waals surface area contributed by atoms with Crippen LogP contribution in [0, 0.1) is 0 Å². The first-order valence-corrected chi connectivity index (χ1v) is 19.4. The summed E-state index contributed by atoms with van der Waals surface area (Å²) in [6.45, 7) is 4.68. The Kier molecular flexibility index (Phi) is 13.8. The molecular weight excluding hydrogens is 747 g/mol. The van der Waals surface area contributed by atoms with Gasteiger partial charge in [-0.05, 0) is 92.6 Å². The highest BCUT2D eigenvalue weighted by Gasteiger charge is 2.45. The highest BCUT2D eigenvalue weighted by Crippen LogP contribution is 2.32. The summed E-state index contributed by atoms with van der Waals surface area (Å²) in [6.07, 6.45) is 6.79. The molecule has 1 saturated heterocycles. The molecule has 304 valence electrons. The maximum Gasteiger partial charge on any atom is 0.322 e. The van der Waals surface area contributed by atoms with E-state index in [0.29, 0.717) is 68.3 Å². The van der Waals surface area contributed by atoms with Crippen LogP contribution in [0.1, 0.15) is 94.2 Å². The Hall–Kier alpha value is -6.62. The smallest absolute Gasteiger partial charge is 0.322 e. The standard InChI is InChI=1S/C41H47N9O8/c1-2-3-22-48(25-27-11-13-28(14-12-27)37(52)46-57)41(56)43-29-15-17-31(18-16-29)58-24-5-4-23-49-26-30(45-47-49)8-7-21-42-33-10-6-9-32-36(33)40(55)50(39(32)54)34-19-20-35(51)44-38(34)53/h6,9-18,26,34,42,57H,2-5,7-8,19-25H2,1H3,(H,43,56)(H,46,52)(H,44,51,53). The summed E-state index contributed by atoms with van der Waals surface area (Å²) in [6, 6.07) is 17.7. The van der Waals surface area contributed by atoms with Crippen molar-refractivity contribution in [2.24, 2.45) is 0 Å². The molecule has 3 aromatic carbocycles. The first-order chi connectivity index (χ1) is 28.1. The predicted octanol–water partition coefficient (Wildman–Crippen LogP) is 4.54. The van der Waals surface area contributed by atoms with Crippen LogP contribution in [0.25, 0.3) is 0 Å². The molecule has 58 heavy (non-hydrogen) atoms. The Morgan fingerprint density at radius 2 is 1.76 bits per heavy atom. The van der Waals surface area contributed by atoms with Crippen molar-refractivity contribution in [1.29, 1.82) is 0 Å². The van der Waals surface area contributed by atoms with E-state index in [9.17, 15) is 28.8 Å². The molecule has 0 spiro atoms. The van der Waals surface area contributed by atoms with Crippen molar-refractivity contribution in [1.82, 2.24) is 35.6 Å². The number of aryl methyl sites for hydroxylation is 2. The van der Waals surface area contributed by atoms with Crippen LogP contribution in [-0.2, 0) is 29.1 Å². The van der Waals surface area contributed by atoms with E-state index < -0.39 is 35.6 Å². The molecule has 7 amide bonds. The van der Waals surface area contributed by atoms with Crippen LogP contribution in [0.4, 0.5) is 16.2 Å². The van der Waals surface area contributed by atoms with Gasteiger partial charge in [-0.2, -0.15) is 0 Å². The van der Waals surface area contributed by atoms with Gasteiger partial charge in [0.25, 0.3) is 17.7 Å². The fraction of sp³-hybridized carbons (Fsp3) is 0.366. The van der Waals surface area contributed by atoms with Gasteiger partial charge in [0.15, 0.2) is 0 Å². The Labute approximate surface area is 335 Å². The number of hydroxylamine groups is 1. The maximum atomic E-state index is 13.3. The van der Waals surface area contributed by atoms with Gasteiger partial charge in [-0.1, -0.05) is 36.8 Å². The number of imide groups is 2. The number of carbonyl (C=O) groups excluding carboxylic acids is 6. The van der Waals surface area contributed by atoms with Crippen molar-refractivity contribution in [3.8, 4) is 5.75 Å². The number of anilines is 2. The molecule has 0 bridgehead atoms. The molecule has 0 saturated carbocycles. The number of hydrogen-bond donors (Lipinski definition) is 5. The second-order valence-corrected chi connectivity index (χ2v) is 14.1. The van der Waals surface area contributed by atoms with Crippen LogP contribution in [0.5, 0.6) is 5.75 Å². The van der Waals surface area contributed by atoms with E-state index in [-0.39, 0.29) is 30.0 Å². The summed E-state index contributed by atoms with van der Waals surface area (Å²) in [4.78, 5) is 77.9. The van der Waals surface area contributed by atoms with Crippen molar-refractivity contribution in [2.45, 2.75) is 77.4 Å². The minimum Gasteiger partial charge on any atom is -0.494 e. The predicted molar refractivity (Wildman–Crippen MR) is 211 cm³/mol. The number of unbranched alkanes of at least 4 members (excludes halogenated alkanes) is 2. The Morgan fingerprint density at radius 1 is 0.966 bits per heavy atom. The Balaban J connectivity index is 0.884. The molecule has 1 unspecified atom stereocenters. The third kappa shape index (κ3) is 10.2. The normalized spacial score (nSPS) is 14.9. The minimum atomic E-state index is -1.02. The lowest BCUT2D eigenvalue weighted by atomic mass is 10.0. The van der Waals surface area contributed by atoms with E-state index in [0.717, 1.165) is 41.8 Å². The number of piperidine rings is 1. The number of amides is 7. The number of fused-ring (bicyclic) bond motifs is 1. The third-order valence-electron chi connectivity index (χ3n) is 9.90. The molecule has 6 rings (SSSR count). The Morgan fingerprint density at radius 3 is 2.50 bits per heavy atom. The number of aromatic nitrogens is 3. The zero-order valence-electron chi connectivity index (χ0n) is 32.2. The number of hydrogen-bond acceptors (Lipinski definition) is 11. The van der Waals surface area contributed by atoms with Crippen LogP contribution in [-0.4, -0.2) is 91.3 Å². The monoisotopic (exact) mass is 793 g/mol. The molecule has 5 N–H and O–H groups in total. The number of nitrogens with one attached hydrogen (secondary N) is 4. The second-order valence-electron chi connectivity index (χ2n) is 14.1. The average molecular weight is 794 g/mol. The van der Waals surface area contributed by atoms with E-state index in [2.05, 4.69) is 33.2 Å². The topological polar surface area (TPSA) is 217 Å². The molecule has 1 atom stereocenters. The number of benzene rings is 3. The number of nitrogens with zero attached hydrogens (tertiary/aromatic N) is 5. The lowest BCUT2D eigenvalue weighted by Gasteiger charge is -2.27. The molecule has 4 aromatic rings. The van der Waals surface area contributed by atoms with Gasteiger partial charge < -0.3 is 20.3 Å². The van der Waals surface area contributed by atoms with E-state index in [1.165, 1.54) is 0 Å². The molecule has 2 aliphatic heterocycles. The zero-order valence-corrected chi connectivity index (χ0v) is 32.2. The molecule has 2 aliphatic rings. The molecule has 1 aromatic heterocycles. The van der Waals surface area contributed by atoms with Gasteiger partial charge in [0.1, 0.15) is 11.8 Å². The molecule has 0 radical (unpaired) electrons. The molecule has 3 heterocycles. The first-order valence-electron chi connectivity index (χ1n) is 19.4. The van der Waals surface area contributed by atoms with Crippen LogP contribution < -0.4 is 26.2 Å². The first kappa shape index (κ1) is 41.0. The maximum absolute atomic E-state index is 13.3. The van der Waals surface area contributed by atoms with E-state index >= 15 is 0 Å². The van der Waals surface area contributed by atoms with Gasteiger partial charge in [0.05, 0.1) is 23.4 Å². The van der Waals surface area contributed by atoms with Gasteiger partial charge >= 0.3 is 6.03 Å². The van der Waals surface area contributed by atoms with Crippen molar-refractivity contribution in [3.05, 3.63) is 101 Å². The van der Waals surface area contributed by atoms with Crippen molar-refractivity contribution in [2.75, 3.05) is 30.3 Å². The van der Waals surface area contributed by atoms with Crippen LogP contribution in [0.2, 0.25) is 0 Å². The van der Waals surface area contributed by atoms with Gasteiger partial charge in [0, 0.05) is 55.7 Å². The number of carbonyl (C=O) groups is 6. The molecule has 1 fully saturated rings. The summed E-state index contributed by atoms with van der Waals surface area (Å²) in [5, 5.41) is 25.8. The number of rotatable bonds is 19. The summed E-state index contributed by atoms with van der Waals surface area (Å²) in [5.74, 6) is -2.06. The van der Waals surface area contributed by atoms with Crippen molar-refractivity contribution < 1.29 is 38.7 Å². The average Bonchev–Trinajstić information content (AvgIpc) is 3.79. The lowest BCUT2D eigenvalue weighted by molar-refractivity contribution is -0.136. The van der Waals surface area contributed by atoms with Crippen molar-refractivity contribution in [3.63, 3.8) is 0 Å². The summed E-state index contributed by atoms with van der Waals surface area (Å²) in [7, 11) is 0. The van der Waals surface area contributed by atoms with Crippen LogP contribution in [0.15, 0.2) is 72.9 Å². The fourth-order valence-corrected chi connectivity index (χ4v) is 6.77. The van der Waals surface area contributed by atoms with Crippen LogP contribution in [0.3, 0.4) is 0 Å².